The molecule has 0 saturated heterocycles. The van der Waals surface area contributed by atoms with E-state index in [4.69, 9.17) is 10.2 Å². The van der Waals surface area contributed by atoms with Crippen LogP contribution in [-0.2, 0) is 0 Å². The summed E-state index contributed by atoms with van der Waals surface area (Å²) in [6.07, 6.45) is 0. The molecular weight excluding hydrogens is 282 g/mol. The Balaban J connectivity index is 1.76. The van der Waals surface area contributed by atoms with Crippen LogP contribution in [0, 0.1) is 0 Å². The van der Waals surface area contributed by atoms with Crippen molar-refractivity contribution in [3.63, 3.8) is 0 Å². The van der Waals surface area contributed by atoms with Crippen molar-refractivity contribution < 1.29 is 9.21 Å². The highest BCUT2D eigenvalue weighted by Crippen LogP contribution is 2.28. The summed E-state index contributed by atoms with van der Waals surface area (Å²) in [4.78, 5) is 17.2. The summed E-state index contributed by atoms with van der Waals surface area (Å²) in [6.45, 7) is 0. The first-order chi connectivity index (χ1) is 9.22. The summed E-state index contributed by atoms with van der Waals surface area (Å²) in [5.41, 5.74) is 6.28. The van der Waals surface area contributed by atoms with Crippen LogP contribution in [0.4, 0.5) is 11.0 Å². The number of thiazole rings is 1. The van der Waals surface area contributed by atoms with Crippen molar-refractivity contribution >= 4 is 39.6 Å². The molecule has 0 bridgehead atoms. The molecule has 0 aliphatic carbocycles. The zero-order valence-corrected chi connectivity index (χ0v) is 11.3. The molecule has 0 spiro atoms. The van der Waals surface area contributed by atoms with E-state index in [2.05, 4.69) is 10.3 Å². The fraction of sp³-hybridized carbons (Fsp3) is 0. The SMILES string of the molecule is Nc1ccc(C(=O)Nc2nc(-c3cccs3)cs2)o1. The molecule has 0 fully saturated rings. The standard InChI is InChI=1S/C12H9N3O2S2/c13-10-4-3-8(17-10)11(16)15-12-14-7(6-19-12)9-2-1-5-18-9/h1-6H,13H2,(H,14,15,16). The van der Waals surface area contributed by atoms with Crippen molar-refractivity contribution in [2.24, 2.45) is 0 Å². The number of aromatic nitrogens is 1. The van der Waals surface area contributed by atoms with E-state index >= 15 is 0 Å². The molecule has 5 nitrogen and oxygen atoms in total. The highest BCUT2D eigenvalue weighted by Gasteiger charge is 2.13. The van der Waals surface area contributed by atoms with Crippen LogP contribution in [0.25, 0.3) is 10.6 Å². The Hall–Kier alpha value is -2.12. The van der Waals surface area contributed by atoms with Crippen LogP contribution in [-0.4, -0.2) is 10.9 Å². The van der Waals surface area contributed by atoms with Crippen LogP contribution in [0.15, 0.2) is 39.4 Å². The number of hydrogen-bond acceptors (Lipinski definition) is 6. The lowest BCUT2D eigenvalue weighted by atomic mass is 10.4. The van der Waals surface area contributed by atoms with Gasteiger partial charge in [-0.15, -0.1) is 22.7 Å². The molecule has 0 atom stereocenters. The van der Waals surface area contributed by atoms with E-state index in [1.54, 1.807) is 11.3 Å². The lowest BCUT2D eigenvalue weighted by molar-refractivity contribution is 0.0997. The average molecular weight is 291 g/mol. The van der Waals surface area contributed by atoms with Crippen molar-refractivity contribution in [1.82, 2.24) is 4.98 Å². The van der Waals surface area contributed by atoms with Crippen molar-refractivity contribution in [2.75, 3.05) is 11.1 Å². The monoisotopic (exact) mass is 291 g/mol. The number of thiophene rings is 1. The number of rotatable bonds is 3. The van der Waals surface area contributed by atoms with E-state index < -0.39 is 0 Å². The lowest BCUT2D eigenvalue weighted by Gasteiger charge is -1.97. The third-order valence-electron chi connectivity index (χ3n) is 2.35. The number of nitrogens with zero attached hydrogens (tertiary/aromatic N) is 1. The van der Waals surface area contributed by atoms with Gasteiger partial charge in [0.25, 0.3) is 5.91 Å². The topological polar surface area (TPSA) is 81.2 Å². The van der Waals surface area contributed by atoms with Crippen molar-refractivity contribution in [1.29, 1.82) is 0 Å². The van der Waals surface area contributed by atoms with E-state index in [-0.39, 0.29) is 17.6 Å². The number of nitrogen functional groups attached to an aromatic ring is 1. The summed E-state index contributed by atoms with van der Waals surface area (Å²) < 4.78 is 5.04. The van der Waals surface area contributed by atoms with E-state index in [1.165, 1.54) is 23.5 Å². The minimum absolute atomic E-state index is 0.172. The quantitative estimate of drug-likeness (QED) is 0.775. The number of nitrogens with two attached hydrogens (primary N) is 1. The maximum absolute atomic E-state index is 11.8. The van der Waals surface area contributed by atoms with Gasteiger partial charge in [0.05, 0.1) is 10.6 Å². The molecule has 0 saturated carbocycles. The smallest absolute Gasteiger partial charge is 0.293 e. The third-order valence-corrected chi connectivity index (χ3v) is 4.00. The number of hydrogen-bond donors (Lipinski definition) is 2. The maximum Gasteiger partial charge on any atom is 0.293 e. The maximum atomic E-state index is 11.8. The summed E-state index contributed by atoms with van der Waals surface area (Å²) in [5, 5.41) is 7.09. The Labute approximate surface area is 116 Å². The Kier molecular flexibility index (Phi) is 3.06. The second-order valence-corrected chi connectivity index (χ2v) is 5.48. The zero-order chi connectivity index (χ0) is 13.2. The van der Waals surface area contributed by atoms with E-state index in [0.717, 1.165) is 10.6 Å². The molecule has 3 aromatic rings. The molecule has 3 rings (SSSR count). The molecular formula is C12H9N3O2S2. The van der Waals surface area contributed by atoms with Crippen LogP contribution in [0.5, 0.6) is 0 Å². The Morgan fingerprint density at radius 3 is 2.89 bits per heavy atom. The molecule has 3 heterocycles. The predicted molar refractivity (Wildman–Crippen MR) is 76.5 cm³/mol. The minimum atomic E-state index is -0.358. The molecule has 0 aliphatic heterocycles. The van der Waals surface area contributed by atoms with Gasteiger partial charge >= 0.3 is 0 Å². The van der Waals surface area contributed by atoms with Gasteiger partial charge in [0.1, 0.15) is 0 Å². The van der Waals surface area contributed by atoms with Gasteiger partial charge in [-0.3, -0.25) is 10.1 Å². The molecule has 96 valence electrons. The van der Waals surface area contributed by atoms with Gasteiger partial charge in [0.2, 0.25) is 0 Å². The van der Waals surface area contributed by atoms with Gasteiger partial charge in [0, 0.05) is 11.4 Å². The Bertz CT molecular complexity index is 700. The first kappa shape index (κ1) is 11.9. The number of furan rings is 1. The molecule has 0 aliphatic rings. The van der Waals surface area contributed by atoms with Gasteiger partial charge in [-0.25, -0.2) is 4.98 Å². The van der Waals surface area contributed by atoms with Crippen LogP contribution in [0.1, 0.15) is 10.6 Å². The molecule has 7 heteroatoms. The van der Waals surface area contributed by atoms with Gasteiger partial charge in [-0.2, -0.15) is 0 Å². The molecule has 0 radical (unpaired) electrons. The second-order valence-electron chi connectivity index (χ2n) is 3.67. The average Bonchev–Trinajstić information content (AvgIpc) is 3.07. The lowest BCUT2D eigenvalue weighted by Crippen LogP contribution is -2.10. The molecule has 3 N–H and O–H groups in total. The molecule has 3 aromatic heterocycles. The number of amides is 1. The fourth-order valence-electron chi connectivity index (χ4n) is 1.50. The largest absolute Gasteiger partial charge is 0.436 e. The van der Waals surface area contributed by atoms with E-state index in [9.17, 15) is 4.79 Å². The normalized spacial score (nSPS) is 10.5. The molecule has 0 unspecified atom stereocenters. The van der Waals surface area contributed by atoms with Gasteiger partial charge in [-0.1, -0.05) is 6.07 Å². The van der Waals surface area contributed by atoms with Crippen molar-refractivity contribution in [3.8, 4) is 10.6 Å². The van der Waals surface area contributed by atoms with Crippen molar-refractivity contribution in [2.45, 2.75) is 0 Å². The van der Waals surface area contributed by atoms with Crippen molar-refractivity contribution in [3.05, 3.63) is 40.8 Å². The van der Waals surface area contributed by atoms with Crippen LogP contribution in [0.3, 0.4) is 0 Å². The van der Waals surface area contributed by atoms with Gasteiger partial charge < -0.3 is 10.2 Å². The number of carbonyl (C=O) groups excluding carboxylic acids is 1. The Morgan fingerprint density at radius 2 is 2.21 bits per heavy atom. The zero-order valence-electron chi connectivity index (χ0n) is 9.62. The van der Waals surface area contributed by atoms with Gasteiger partial charge in [0.15, 0.2) is 16.8 Å². The van der Waals surface area contributed by atoms with E-state index in [1.807, 2.05) is 22.9 Å². The highest BCUT2D eigenvalue weighted by molar-refractivity contribution is 7.16. The molecule has 0 aromatic carbocycles. The highest BCUT2D eigenvalue weighted by atomic mass is 32.1. The summed E-state index contributed by atoms with van der Waals surface area (Å²) in [7, 11) is 0. The minimum Gasteiger partial charge on any atom is -0.436 e. The molecule has 19 heavy (non-hydrogen) atoms. The second kappa shape index (κ2) is 4.87. The van der Waals surface area contributed by atoms with Crippen LogP contribution < -0.4 is 11.1 Å². The number of carbonyl (C=O) groups is 1. The fourth-order valence-corrected chi connectivity index (χ4v) is 2.97. The van der Waals surface area contributed by atoms with Crippen LogP contribution >= 0.6 is 22.7 Å². The number of nitrogens with one attached hydrogen (secondary N) is 1. The number of anilines is 2. The van der Waals surface area contributed by atoms with Gasteiger partial charge in [-0.05, 0) is 17.5 Å². The first-order valence-corrected chi connectivity index (χ1v) is 7.14. The molecule has 1 amide bonds. The summed E-state index contributed by atoms with van der Waals surface area (Å²) >= 11 is 2.97. The Morgan fingerprint density at radius 1 is 1.32 bits per heavy atom. The van der Waals surface area contributed by atoms with Crippen LogP contribution in [0.2, 0.25) is 0 Å². The first-order valence-electron chi connectivity index (χ1n) is 5.38. The summed E-state index contributed by atoms with van der Waals surface area (Å²) in [5.74, 6) is 0.0257. The summed E-state index contributed by atoms with van der Waals surface area (Å²) in [6, 6.07) is 7.01. The predicted octanol–water partition coefficient (Wildman–Crippen LogP) is 3.30. The third kappa shape index (κ3) is 2.51. The van der Waals surface area contributed by atoms with E-state index in [0.29, 0.717) is 5.13 Å².